The van der Waals surface area contributed by atoms with Crippen LogP contribution in [-0.4, -0.2) is 18.4 Å². The van der Waals surface area contributed by atoms with Gasteiger partial charge in [-0.2, -0.15) is 0 Å². The van der Waals surface area contributed by atoms with Gasteiger partial charge in [-0.15, -0.1) is 0 Å². The smallest absolute Gasteiger partial charge is 0.262 e. The van der Waals surface area contributed by atoms with Crippen LogP contribution in [0.4, 0.5) is 11.4 Å². The van der Waals surface area contributed by atoms with Crippen LogP contribution in [-0.2, 0) is 4.79 Å². The van der Waals surface area contributed by atoms with Crippen molar-refractivity contribution in [2.24, 2.45) is 0 Å². The Kier molecular flexibility index (Phi) is 6.15. The number of fused-ring (bicyclic) bond motifs is 1. The molecule has 0 unspecified atom stereocenters. The quantitative estimate of drug-likeness (QED) is 0.408. The topological polar surface area (TPSA) is 67.4 Å². The summed E-state index contributed by atoms with van der Waals surface area (Å²) in [5.74, 6) is -0.00478. The number of anilines is 2. The first-order valence-corrected chi connectivity index (χ1v) is 10.0. The van der Waals surface area contributed by atoms with Crippen LogP contribution in [0, 0.1) is 0 Å². The van der Waals surface area contributed by atoms with Crippen LogP contribution < -0.4 is 15.4 Å². The van der Waals surface area contributed by atoms with Crippen molar-refractivity contribution in [2.75, 3.05) is 17.2 Å². The SMILES string of the molecule is O=C(COc1ccc2ccccc2c1)Nc1cccc(C(=O)Nc2cccc(Cl)c2)c1. The minimum absolute atomic E-state index is 0.142. The van der Waals surface area contributed by atoms with E-state index >= 15 is 0 Å². The van der Waals surface area contributed by atoms with Crippen molar-refractivity contribution in [1.29, 1.82) is 0 Å². The van der Waals surface area contributed by atoms with Crippen LogP contribution in [0.15, 0.2) is 91.0 Å². The highest BCUT2D eigenvalue weighted by molar-refractivity contribution is 6.31. The maximum atomic E-state index is 12.5. The van der Waals surface area contributed by atoms with Gasteiger partial charge < -0.3 is 15.4 Å². The fourth-order valence-corrected chi connectivity index (χ4v) is 3.30. The van der Waals surface area contributed by atoms with E-state index in [9.17, 15) is 9.59 Å². The third-order valence-corrected chi connectivity index (χ3v) is 4.82. The van der Waals surface area contributed by atoms with E-state index in [4.69, 9.17) is 16.3 Å². The molecule has 5 nitrogen and oxygen atoms in total. The van der Waals surface area contributed by atoms with Gasteiger partial charge in [-0.05, 0) is 59.3 Å². The van der Waals surface area contributed by atoms with E-state index in [1.807, 2.05) is 42.5 Å². The molecule has 0 bridgehead atoms. The number of nitrogens with one attached hydrogen (secondary N) is 2. The third-order valence-electron chi connectivity index (χ3n) is 4.58. The number of hydrogen-bond acceptors (Lipinski definition) is 3. The molecule has 0 spiro atoms. The molecule has 4 rings (SSSR count). The van der Waals surface area contributed by atoms with E-state index in [1.165, 1.54) is 0 Å². The zero-order valence-corrected chi connectivity index (χ0v) is 17.2. The van der Waals surface area contributed by atoms with E-state index in [1.54, 1.807) is 48.5 Å². The highest BCUT2D eigenvalue weighted by atomic mass is 35.5. The molecule has 0 aromatic heterocycles. The minimum atomic E-state index is -0.319. The summed E-state index contributed by atoms with van der Waals surface area (Å²) in [5.41, 5.74) is 1.51. The molecule has 2 amide bonds. The Morgan fingerprint density at radius 1 is 0.742 bits per heavy atom. The molecule has 0 saturated heterocycles. The molecule has 0 aliphatic rings. The minimum Gasteiger partial charge on any atom is -0.484 e. The lowest BCUT2D eigenvalue weighted by molar-refractivity contribution is -0.118. The summed E-state index contributed by atoms with van der Waals surface area (Å²) in [6.45, 7) is -0.142. The molecular weight excluding hydrogens is 412 g/mol. The van der Waals surface area contributed by atoms with Crippen LogP contribution in [0.5, 0.6) is 5.75 Å². The Hall–Kier alpha value is -3.83. The number of carbonyl (C=O) groups excluding carboxylic acids is 2. The van der Waals surface area contributed by atoms with Crippen molar-refractivity contribution in [1.82, 2.24) is 0 Å². The summed E-state index contributed by atoms with van der Waals surface area (Å²) < 4.78 is 5.61. The summed E-state index contributed by atoms with van der Waals surface area (Å²) in [4.78, 5) is 24.8. The zero-order valence-electron chi connectivity index (χ0n) is 16.5. The molecule has 0 heterocycles. The maximum absolute atomic E-state index is 12.5. The number of ether oxygens (including phenoxy) is 1. The first-order chi connectivity index (χ1) is 15.1. The van der Waals surface area contributed by atoms with Gasteiger partial charge in [0.25, 0.3) is 11.8 Å². The lowest BCUT2D eigenvalue weighted by Gasteiger charge is -2.10. The summed E-state index contributed by atoms with van der Waals surface area (Å²) in [5, 5.41) is 8.21. The van der Waals surface area contributed by atoms with Gasteiger partial charge in [0.2, 0.25) is 0 Å². The Balaban J connectivity index is 1.36. The number of hydrogen-bond donors (Lipinski definition) is 2. The second kappa shape index (κ2) is 9.32. The molecule has 0 aliphatic heterocycles. The van der Waals surface area contributed by atoms with Crippen molar-refractivity contribution >= 4 is 45.6 Å². The van der Waals surface area contributed by atoms with Crippen LogP contribution in [0.2, 0.25) is 5.02 Å². The van der Waals surface area contributed by atoms with Crippen molar-refractivity contribution in [3.8, 4) is 5.75 Å². The Bertz CT molecular complexity index is 1260. The van der Waals surface area contributed by atoms with Gasteiger partial charge in [-0.1, -0.05) is 54.1 Å². The monoisotopic (exact) mass is 430 g/mol. The lowest BCUT2D eigenvalue weighted by atomic mass is 10.1. The number of halogens is 1. The number of rotatable bonds is 6. The van der Waals surface area contributed by atoms with Crippen molar-refractivity contribution in [3.05, 3.63) is 102 Å². The largest absolute Gasteiger partial charge is 0.484 e. The highest BCUT2D eigenvalue weighted by Crippen LogP contribution is 2.21. The van der Waals surface area contributed by atoms with Crippen molar-refractivity contribution in [2.45, 2.75) is 0 Å². The molecule has 154 valence electrons. The molecule has 4 aromatic carbocycles. The van der Waals surface area contributed by atoms with E-state index in [-0.39, 0.29) is 18.4 Å². The van der Waals surface area contributed by atoms with Crippen molar-refractivity contribution < 1.29 is 14.3 Å². The molecular formula is C25H19ClN2O3. The standard InChI is InChI=1S/C25H19ClN2O3/c26-20-8-4-10-22(15-20)28-25(30)19-7-3-9-21(13-19)27-24(29)16-31-23-12-11-17-5-1-2-6-18(17)14-23/h1-15H,16H2,(H,27,29)(H,28,30). The van der Waals surface area contributed by atoms with Gasteiger partial charge in [-0.25, -0.2) is 0 Å². The molecule has 6 heteroatoms. The predicted molar refractivity (Wildman–Crippen MR) is 124 cm³/mol. The summed E-state index contributed by atoms with van der Waals surface area (Å²) >= 11 is 5.95. The average molecular weight is 431 g/mol. The first-order valence-electron chi connectivity index (χ1n) is 9.65. The Morgan fingerprint density at radius 3 is 2.29 bits per heavy atom. The van der Waals surface area contributed by atoms with E-state index in [2.05, 4.69) is 10.6 Å². The predicted octanol–water partition coefficient (Wildman–Crippen LogP) is 5.76. The highest BCUT2D eigenvalue weighted by Gasteiger charge is 2.09. The summed E-state index contributed by atoms with van der Waals surface area (Å²) in [6.07, 6.45) is 0. The molecule has 0 radical (unpaired) electrons. The maximum Gasteiger partial charge on any atom is 0.262 e. The third kappa shape index (κ3) is 5.41. The Morgan fingerprint density at radius 2 is 1.48 bits per heavy atom. The normalized spacial score (nSPS) is 10.5. The molecule has 2 N–H and O–H groups in total. The molecule has 0 aliphatic carbocycles. The van der Waals surface area contributed by atoms with Gasteiger partial charge >= 0.3 is 0 Å². The van der Waals surface area contributed by atoms with Crippen LogP contribution in [0.3, 0.4) is 0 Å². The molecule has 0 saturated carbocycles. The second-order valence-corrected chi connectivity index (χ2v) is 7.33. The molecule has 0 atom stereocenters. The fourth-order valence-electron chi connectivity index (χ4n) is 3.11. The summed E-state index contributed by atoms with van der Waals surface area (Å²) in [6, 6.07) is 27.2. The number of carbonyl (C=O) groups is 2. The average Bonchev–Trinajstić information content (AvgIpc) is 2.78. The van der Waals surface area contributed by atoms with E-state index < -0.39 is 0 Å². The van der Waals surface area contributed by atoms with Gasteiger partial charge in [0.15, 0.2) is 6.61 Å². The van der Waals surface area contributed by atoms with Crippen LogP contribution >= 0.6 is 11.6 Å². The molecule has 0 fully saturated rings. The van der Waals surface area contributed by atoms with E-state index in [0.29, 0.717) is 27.7 Å². The zero-order chi connectivity index (χ0) is 21.6. The number of amides is 2. The van der Waals surface area contributed by atoms with Gasteiger partial charge in [0.1, 0.15) is 5.75 Å². The Labute approximate surface area is 184 Å². The van der Waals surface area contributed by atoms with Crippen molar-refractivity contribution in [3.63, 3.8) is 0 Å². The van der Waals surface area contributed by atoms with Gasteiger partial charge in [0, 0.05) is 22.0 Å². The molecule has 31 heavy (non-hydrogen) atoms. The van der Waals surface area contributed by atoms with Gasteiger partial charge in [0.05, 0.1) is 0 Å². The van der Waals surface area contributed by atoms with Crippen LogP contribution in [0.25, 0.3) is 10.8 Å². The number of benzene rings is 4. The van der Waals surface area contributed by atoms with Crippen LogP contribution in [0.1, 0.15) is 10.4 Å². The summed E-state index contributed by atoms with van der Waals surface area (Å²) in [7, 11) is 0. The van der Waals surface area contributed by atoms with Gasteiger partial charge in [-0.3, -0.25) is 9.59 Å². The fraction of sp³-hybridized carbons (Fsp3) is 0.0400. The first kappa shape index (κ1) is 20.4. The van der Waals surface area contributed by atoms with E-state index in [0.717, 1.165) is 10.8 Å². The molecule has 4 aromatic rings. The lowest BCUT2D eigenvalue weighted by Crippen LogP contribution is -2.20. The second-order valence-electron chi connectivity index (χ2n) is 6.89.